The van der Waals surface area contributed by atoms with E-state index in [1.54, 1.807) is 0 Å². The first-order valence-electron chi connectivity index (χ1n) is 10.2. The number of sulfonamides is 1. The molecule has 3 fully saturated rings. The van der Waals surface area contributed by atoms with Crippen molar-refractivity contribution in [2.45, 2.75) is 51.0 Å². The van der Waals surface area contributed by atoms with Crippen LogP contribution in [0.25, 0.3) is 0 Å². The van der Waals surface area contributed by atoms with E-state index in [1.807, 2.05) is 4.90 Å². The van der Waals surface area contributed by atoms with Gasteiger partial charge in [-0.25, -0.2) is 12.8 Å². The second kappa shape index (κ2) is 7.03. The number of morpholine rings is 1. The number of hydrogen-bond donors (Lipinski definition) is 0. The fraction of sp³-hybridized carbons (Fsp3) is 0.667. The van der Waals surface area contributed by atoms with Gasteiger partial charge in [0, 0.05) is 31.2 Å². The van der Waals surface area contributed by atoms with Gasteiger partial charge in [0.25, 0.3) is 5.91 Å². The van der Waals surface area contributed by atoms with Gasteiger partial charge in [-0.1, -0.05) is 20.8 Å². The topological polar surface area (TPSA) is 66.9 Å². The highest BCUT2D eigenvalue weighted by Gasteiger charge is 2.51. The van der Waals surface area contributed by atoms with Crippen molar-refractivity contribution >= 4 is 15.9 Å². The summed E-state index contributed by atoms with van der Waals surface area (Å²) in [5, 5.41) is 0. The van der Waals surface area contributed by atoms with Crippen LogP contribution >= 0.6 is 0 Å². The summed E-state index contributed by atoms with van der Waals surface area (Å²) in [7, 11) is -4.01. The number of hydrogen-bond acceptors (Lipinski definition) is 4. The Morgan fingerprint density at radius 1 is 1.17 bits per heavy atom. The van der Waals surface area contributed by atoms with E-state index in [0.717, 1.165) is 25.3 Å². The zero-order valence-corrected chi connectivity index (χ0v) is 18.1. The van der Waals surface area contributed by atoms with E-state index >= 15 is 0 Å². The summed E-state index contributed by atoms with van der Waals surface area (Å²) in [6.45, 7) is 8.26. The highest BCUT2D eigenvalue weighted by atomic mass is 32.2. The van der Waals surface area contributed by atoms with E-state index in [4.69, 9.17) is 4.74 Å². The first-order valence-corrected chi connectivity index (χ1v) is 11.6. The highest BCUT2D eigenvalue weighted by Crippen LogP contribution is 2.52. The molecule has 8 heteroatoms. The maximum absolute atomic E-state index is 14.5. The van der Waals surface area contributed by atoms with Gasteiger partial charge in [0.15, 0.2) is 0 Å². The fourth-order valence-electron chi connectivity index (χ4n) is 5.62. The van der Waals surface area contributed by atoms with Crippen molar-refractivity contribution in [3.05, 3.63) is 29.6 Å². The number of benzene rings is 1. The van der Waals surface area contributed by atoms with Crippen molar-refractivity contribution in [2.24, 2.45) is 10.8 Å². The smallest absolute Gasteiger partial charge is 0.254 e. The van der Waals surface area contributed by atoms with Crippen LogP contribution in [0.2, 0.25) is 0 Å². The summed E-state index contributed by atoms with van der Waals surface area (Å²) in [6.07, 6.45) is 2.94. The molecule has 1 amide bonds. The second-order valence-electron chi connectivity index (χ2n) is 9.81. The molecule has 0 N–H and O–H groups in total. The van der Waals surface area contributed by atoms with Crippen molar-refractivity contribution in [1.29, 1.82) is 0 Å². The lowest BCUT2D eigenvalue weighted by molar-refractivity contribution is 0.0706. The standard InChI is InChI=1S/C21H29FN2O4S/c1-20(2)11-16-12-21(3,13-20)14-24(16)19(25)15-4-5-17(22)18(10-15)29(26,27)23-6-8-28-9-7-23/h4-5,10,16H,6-9,11-14H2,1-3H3/t16-,21+/m0/s1. The Morgan fingerprint density at radius 2 is 1.86 bits per heavy atom. The van der Waals surface area contributed by atoms with Crippen molar-refractivity contribution in [2.75, 3.05) is 32.8 Å². The predicted octanol–water partition coefficient (Wildman–Crippen LogP) is 2.89. The van der Waals surface area contributed by atoms with Gasteiger partial charge in [-0.3, -0.25) is 4.79 Å². The number of carbonyl (C=O) groups is 1. The van der Waals surface area contributed by atoms with Crippen LogP contribution in [0.15, 0.2) is 23.1 Å². The summed E-state index contributed by atoms with van der Waals surface area (Å²) >= 11 is 0. The minimum atomic E-state index is -4.01. The van der Waals surface area contributed by atoms with Crippen LogP contribution in [0.3, 0.4) is 0 Å². The molecule has 1 aliphatic carbocycles. The third-order valence-electron chi connectivity index (χ3n) is 6.44. The zero-order chi connectivity index (χ0) is 21.0. The quantitative estimate of drug-likeness (QED) is 0.748. The van der Waals surface area contributed by atoms with Gasteiger partial charge < -0.3 is 9.64 Å². The van der Waals surface area contributed by atoms with E-state index in [-0.39, 0.29) is 54.6 Å². The number of nitrogens with zero attached hydrogens (tertiary/aromatic N) is 2. The maximum atomic E-state index is 14.5. The summed E-state index contributed by atoms with van der Waals surface area (Å²) in [5.74, 6) is -1.05. The number of carbonyl (C=O) groups excluding carboxylic acids is 1. The number of likely N-dealkylation sites (tertiary alicyclic amines) is 1. The number of halogens is 1. The van der Waals surface area contributed by atoms with Gasteiger partial charge in [0.05, 0.1) is 13.2 Å². The Balaban J connectivity index is 1.63. The minimum Gasteiger partial charge on any atom is -0.379 e. The van der Waals surface area contributed by atoms with Crippen molar-refractivity contribution < 1.29 is 22.3 Å². The Labute approximate surface area is 172 Å². The van der Waals surface area contributed by atoms with E-state index in [0.29, 0.717) is 6.54 Å². The summed E-state index contributed by atoms with van der Waals surface area (Å²) in [4.78, 5) is 14.7. The lowest BCUT2D eigenvalue weighted by Gasteiger charge is -2.39. The summed E-state index contributed by atoms with van der Waals surface area (Å²) in [6, 6.07) is 3.83. The third kappa shape index (κ3) is 3.82. The minimum absolute atomic E-state index is 0.0742. The van der Waals surface area contributed by atoms with Crippen LogP contribution in [-0.2, 0) is 14.8 Å². The molecule has 0 aromatic heterocycles. The first-order chi connectivity index (χ1) is 13.5. The average molecular weight is 425 g/mol. The molecule has 2 bridgehead atoms. The number of amides is 1. The van der Waals surface area contributed by atoms with Crippen LogP contribution in [-0.4, -0.2) is 62.4 Å². The second-order valence-corrected chi connectivity index (χ2v) is 11.7. The van der Waals surface area contributed by atoms with Gasteiger partial charge >= 0.3 is 0 Å². The van der Waals surface area contributed by atoms with Crippen molar-refractivity contribution in [1.82, 2.24) is 9.21 Å². The molecule has 6 nitrogen and oxygen atoms in total. The molecule has 0 radical (unpaired) electrons. The number of ether oxygens (including phenoxy) is 1. The van der Waals surface area contributed by atoms with Crippen LogP contribution in [0, 0.1) is 16.6 Å². The molecule has 2 atom stereocenters. The lowest BCUT2D eigenvalue weighted by Crippen LogP contribution is -2.41. The molecular formula is C21H29FN2O4S. The molecule has 1 saturated carbocycles. The predicted molar refractivity (Wildman–Crippen MR) is 107 cm³/mol. The molecule has 29 heavy (non-hydrogen) atoms. The largest absolute Gasteiger partial charge is 0.379 e. The Kier molecular flexibility index (Phi) is 5.03. The van der Waals surface area contributed by atoms with Crippen LogP contribution < -0.4 is 0 Å². The number of fused-ring (bicyclic) bond motifs is 2. The Bertz CT molecular complexity index is 927. The lowest BCUT2D eigenvalue weighted by atomic mass is 9.65. The van der Waals surface area contributed by atoms with E-state index in [2.05, 4.69) is 20.8 Å². The van der Waals surface area contributed by atoms with Gasteiger partial charge in [0.1, 0.15) is 10.7 Å². The summed E-state index contributed by atoms with van der Waals surface area (Å²) in [5.41, 5.74) is 0.470. The van der Waals surface area contributed by atoms with Crippen molar-refractivity contribution in [3.63, 3.8) is 0 Å². The Hall–Kier alpha value is -1.51. The van der Waals surface area contributed by atoms with Crippen LogP contribution in [0.5, 0.6) is 0 Å². The molecular weight excluding hydrogens is 395 g/mol. The molecule has 2 heterocycles. The first kappa shape index (κ1) is 20.8. The monoisotopic (exact) mass is 424 g/mol. The van der Waals surface area contributed by atoms with Crippen LogP contribution in [0.4, 0.5) is 4.39 Å². The maximum Gasteiger partial charge on any atom is 0.254 e. The van der Waals surface area contributed by atoms with Gasteiger partial charge in [-0.2, -0.15) is 4.31 Å². The fourth-order valence-corrected chi connectivity index (χ4v) is 7.12. The molecule has 1 aromatic rings. The molecule has 2 saturated heterocycles. The van der Waals surface area contributed by atoms with Crippen LogP contribution in [0.1, 0.15) is 50.4 Å². The molecule has 160 valence electrons. The highest BCUT2D eigenvalue weighted by molar-refractivity contribution is 7.89. The van der Waals surface area contributed by atoms with Gasteiger partial charge in [0.2, 0.25) is 10.0 Å². The molecule has 0 unspecified atom stereocenters. The van der Waals surface area contributed by atoms with Gasteiger partial charge in [-0.05, 0) is 48.3 Å². The molecule has 1 aromatic carbocycles. The SMILES string of the molecule is CC1(C)C[C@H]2C[C@@](C)(CN2C(=O)c2ccc(F)c(S(=O)(=O)N3CCOCC3)c2)C1. The molecule has 2 aliphatic heterocycles. The van der Waals surface area contributed by atoms with E-state index in [1.165, 1.54) is 16.4 Å². The van der Waals surface area contributed by atoms with E-state index in [9.17, 15) is 17.6 Å². The summed E-state index contributed by atoms with van der Waals surface area (Å²) < 4.78 is 46.7. The van der Waals surface area contributed by atoms with Gasteiger partial charge in [-0.15, -0.1) is 0 Å². The Morgan fingerprint density at radius 3 is 2.55 bits per heavy atom. The normalized spacial score (nSPS) is 29.8. The number of rotatable bonds is 3. The average Bonchev–Trinajstić information content (AvgIpc) is 2.90. The van der Waals surface area contributed by atoms with Crippen molar-refractivity contribution in [3.8, 4) is 0 Å². The molecule has 3 aliphatic rings. The zero-order valence-electron chi connectivity index (χ0n) is 17.3. The third-order valence-corrected chi connectivity index (χ3v) is 8.36. The van der Waals surface area contributed by atoms with E-state index < -0.39 is 20.7 Å². The molecule has 4 rings (SSSR count). The molecule has 0 spiro atoms.